The Morgan fingerprint density at radius 3 is 1.93 bits per heavy atom. The molecule has 0 bridgehead atoms. The van der Waals surface area contributed by atoms with Crippen molar-refractivity contribution in [3.63, 3.8) is 0 Å². The molecule has 5 rings (SSSR count). The summed E-state index contributed by atoms with van der Waals surface area (Å²) >= 11 is 0. The normalized spacial score (nSPS) is 16.4. The maximum atomic E-state index is 13.1. The molecule has 0 aliphatic carbocycles. The number of ether oxygens (including phenoxy) is 2. The van der Waals surface area contributed by atoms with Gasteiger partial charge in [0.2, 0.25) is 0 Å². The lowest BCUT2D eigenvalue weighted by molar-refractivity contribution is -0.146. The van der Waals surface area contributed by atoms with Crippen LogP contribution in [0.3, 0.4) is 0 Å². The van der Waals surface area contributed by atoms with E-state index in [0.717, 1.165) is 22.4 Å². The molecule has 0 spiro atoms. The van der Waals surface area contributed by atoms with Crippen molar-refractivity contribution in [3.05, 3.63) is 126 Å². The molecular formula is C35H40N4O4. The molecule has 0 saturated carbocycles. The van der Waals surface area contributed by atoms with Crippen LogP contribution in [0, 0.1) is 0 Å². The Hall–Kier alpha value is -4.43. The number of nitrogens with zero attached hydrogens (tertiary/aromatic N) is 3. The summed E-state index contributed by atoms with van der Waals surface area (Å²) < 4.78 is 12.8. The molecule has 2 heterocycles. The van der Waals surface area contributed by atoms with Gasteiger partial charge in [-0.15, -0.1) is 0 Å². The van der Waals surface area contributed by atoms with Crippen molar-refractivity contribution >= 4 is 12.1 Å². The van der Waals surface area contributed by atoms with E-state index in [-0.39, 0.29) is 12.0 Å². The first-order chi connectivity index (χ1) is 20.7. The van der Waals surface area contributed by atoms with Crippen molar-refractivity contribution in [3.8, 4) is 0 Å². The number of carbonyl (C=O) groups excluding carboxylic acids is 2. The Kier molecular flexibility index (Phi) is 8.97. The lowest BCUT2D eigenvalue weighted by Crippen LogP contribution is -2.45. The van der Waals surface area contributed by atoms with Gasteiger partial charge in [-0.1, -0.05) is 91.0 Å². The van der Waals surface area contributed by atoms with Gasteiger partial charge in [0, 0.05) is 31.7 Å². The van der Waals surface area contributed by atoms with Crippen LogP contribution in [0.2, 0.25) is 0 Å². The van der Waals surface area contributed by atoms with Crippen LogP contribution in [0.15, 0.2) is 104 Å². The number of hydrogen-bond donors (Lipinski definition) is 1. The van der Waals surface area contributed by atoms with Gasteiger partial charge in [0.05, 0.1) is 19.1 Å². The number of nitrogens with one attached hydrogen (secondary N) is 1. The number of methoxy groups -OCH3 is 1. The summed E-state index contributed by atoms with van der Waals surface area (Å²) in [7, 11) is 1.41. The molecule has 1 fully saturated rings. The fourth-order valence-corrected chi connectivity index (χ4v) is 6.00. The monoisotopic (exact) mass is 580 g/mol. The smallest absolute Gasteiger partial charge is 0.407 e. The Bertz CT molecular complexity index is 1400. The van der Waals surface area contributed by atoms with Crippen molar-refractivity contribution in [2.24, 2.45) is 0 Å². The molecule has 0 unspecified atom stereocenters. The van der Waals surface area contributed by atoms with Crippen LogP contribution in [0.5, 0.6) is 0 Å². The van der Waals surface area contributed by atoms with Crippen LogP contribution >= 0.6 is 0 Å². The highest BCUT2D eigenvalue weighted by Crippen LogP contribution is 2.40. The molecular weight excluding hydrogens is 540 g/mol. The zero-order valence-corrected chi connectivity index (χ0v) is 25.3. The SMILES string of the molecule is COC(=O)[C@H](Cc1cn(C(c2ccccc2)(c2ccccc2)c2ccccc2)cn1)N1CC[C@H](NC(=O)OC(C)(C)C)C1. The second kappa shape index (κ2) is 12.8. The minimum atomic E-state index is -0.689. The highest BCUT2D eigenvalue weighted by molar-refractivity contribution is 5.76. The maximum Gasteiger partial charge on any atom is 0.407 e. The van der Waals surface area contributed by atoms with E-state index >= 15 is 0 Å². The number of esters is 1. The highest BCUT2D eigenvalue weighted by Gasteiger charge is 2.39. The first kappa shape index (κ1) is 30.0. The minimum absolute atomic E-state index is 0.124. The zero-order chi connectivity index (χ0) is 30.5. The Morgan fingerprint density at radius 2 is 1.44 bits per heavy atom. The van der Waals surface area contributed by atoms with Crippen molar-refractivity contribution in [1.29, 1.82) is 0 Å². The molecule has 1 amide bonds. The first-order valence-electron chi connectivity index (χ1n) is 14.7. The minimum Gasteiger partial charge on any atom is -0.468 e. The second-order valence-electron chi connectivity index (χ2n) is 12.0. The molecule has 0 radical (unpaired) electrons. The Balaban J connectivity index is 1.47. The fraction of sp³-hybridized carbons (Fsp3) is 0.343. The van der Waals surface area contributed by atoms with Crippen molar-refractivity contribution < 1.29 is 19.1 Å². The number of amides is 1. The summed E-state index contributed by atoms with van der Waals surface area (Å²) in [5.41, 5.74) is 2.78. The van der Waals surface area contributed by atoms with E-state index in [4.69, 9.17) is 14.5 Å². The van der Waals surface area contributed by atoms with Crippen LogP contribution in [-0.4, -0.2) is 64.4 Å². The summed E-state index contributed by atoms with van der Waals surface area (Å²) in [4.78, 5) is 32.3. The van der Waals surface area contributed by atoms with E-state index in [9.17, 15) is 9.59 Å². The van der Waals surface area contributed by atoms with Crippen molar-refractivity contribution in [2.45, 2.75) is 56.8 Å². The number of aromatic nitrogens is 2. The van der Waals surface area contributed by atoms with E-state index in [1.165, 1.54) is 7.11 Å². The molecule has 4 aromatic rings. The van der Waals surface area contributed by atoms with Gasteiger partial charge in [-0.3, -0.25) is 9.69 Å². The van der Waals surface area contributed by atoms with Gasteiger partial charge in [0.15, 0.2) is 0 Å². The average molecular weight is 581 g/mol. The standard InChI is InChI=1S/C35H40N4O4/c1-34(2,3)43-33(41)37-29-20-21-38(23-29)31(32(40)42-4)22-30-24-39(25-36-30)35(26-14-8-5-9-15-26,27-16-10-6-11-17-27)28-18-12-7-13-19-28/h5-19,24-25,29,31H,20-23H2,1-4H3,(H,37,41)/t29-,31-/m0/s1. The molecule has 1 saturated heterocycles. The largest absolute Gasteiger partial charge is 0.468 e. The third-order valence-corrected chi connectivity index (χ3v) is 7.86. The number of alkyl carbamates (subject to hydrolysis) is 1. The number of likely N-dealkylation sites (tertiary alicyclic amines) is 1. The van der Waals surface area contributed by atoms with E-state index in [0.29, 0.717) is 25.9 Å². The van der Waals surface area contributed by atoms with E-state index < -0.39 is 23.3 Å². The maximum absolute atomic E-state index is 13.1. The van der Waals surface area contributed by atoms with E-state index in [1.807, 2.05) is 51.5 Å². The van der Waals surface area contributed by atoms with Gasteiger partial charge in [-0.25, -0.2) is 9.78 Å². The molecule has 1 aliphatic heterocycles. The number of rotatable bonds is 9. The molecule has 1 N–H and O–H groups in total. The summed E-state index contributed by atoms with van der Waals surface area (Å²) in [6.45, 7) is 6.66. The molecule has 3 aromatic carbocycles. The van der Waals surface area contributed by atoms with Gasteiger partial charge in [0.1, 0.15) is 17.2 Å². The van der Waals surface area contributed by atoms with Gasteiger partial charge in [0.25, 0.3) is 0 Å². The summed E-state index contributed by atoms with van der Waals surface area (Å²) in [6.07, 6.45) is 4.52. The van der Waals surface area contributed by atoms with Crippen LogP contribution in [-0.2, 0) is 26.2 Å². The van der Waals surface area contributed by atoms with Crippen LogP contribution in [0.4, 0.5) is 4.79 Å². The second-order valence-corrected chi connectivity index (χ2v) is 12.0. The molecule has 2 atom stereocenters. The molecule has 8 heteroatoms. The van der Waals surface area contributed by atoms with Crippen LogP contribution in [0.1, 0.15) is 49.6 Å². The molecule has 1 aliphatic rings. The number of benzene rings is 3. The van der Waals surface area contributed by atoms with E-state index in [1.54, 1.807) is 0 Å². The molecule has 8 nitrogen and oxygen atoms in total. The van der Waals surface area contributed by atoms with Gasteiger partial charge in [-0.2, -0.15) is 0 Å². The first-order valence-corrected chi connectivity index (χ1v) is 14.7. The summed E-state index contributed by atoms with van der Waals surface area (Å²) in [6, 6.07) is 30.5. The third kappa shape index (κ3) is 6.65. The molecule has 224 valence electrons. The zero-order valence-electron chi connectivity index (χ0n) is 25.3. The van der Waals surface area contributed by atoms with Crippen LogP contribution < -0.4 is 5.32 Å². The predicted octanol–water partition coefficient (Wildman–Crippen LogP) is 5.41. The fourth-order valence-electron chi connectivity index (χ4n) is 6.00. The Labute approximate surface area is 253 Å². The Morgan fingerprint density at radius 1 is 0.907 bits per heavy atom. The predicted molar refractivity (Wildman–Crippen MR) is 166 cm³/mol. The summed E-state index contributed by atoms with van der Waals surface area (Å²) in [5.74, 6) is -0.326. The highest BCUT2D eigenvalue weighted by atomic mass is 16.6. The third-order valence-electron chi connectivity index (χ3n) is 7.86. The molecule has 1 aromatic heterocycles. The topological polar surface area (TPSA) is 85.7 Å². The number of imidazole rings is 1. The summed E-state index contributed by atoms with van der Waals surface area (Å²) in [5, 5.41) is 2.94. The average Bonchev–Trinajstić information content (AvgIpc) is 3.67. The van der Waals surface area contributed by atoms with Crippen molar-refractivity contribution in [1.82, 2.24) is 19.8 Å². The van der Waals surface area contributed by atoms with Gasteiger partial charge >= 0.3 is 12.1 Å². The molecule has 43 heavy (non-hydrogen) atoms. The number of hydrogen-bond acceptors (Lipinski definition) is 6. The van der Waals surface area contributed by atoms with E-state index in [2.05, 4.69) is 87.6 Å². The van der Waals surface area contributed by atoms with Crippen LogP contribution in [0.25, 0.3) is 0 Å². The quantitative estimate of drug-likeness (QED) is 0.211. The van der Waals surface area contributed by atoms with Gasteiger partial charge < -0.3 is 19.4 Å². The lowest BCUT2D eigenvalue weighted by Gasteiger charge is -2.37. The van der Waals surface area contributed by atoms with Gasteiger partial charge in [-0.05, 0) is 43.9 Å². The van der Waals surface area contributed by atoms with Crippen molar-refractivity contribution in [2.75, 3.05) is 20.2 Å². The lowest BCUT2D eigenvalue weighted by atomic mass is 9.77. The number of carbonyl (C=O) groups is 2.